The van der Waals surface area contributed by atoms with E-state index in [0.717, 1.165) is 61.2 Å². The highest BCUT2D eigenvalue weighted by atomic mass is 16.5. The van der Waals surface area contributed by atoms with Crippen LogP contribution in [0.25, 0.3) is 21.8 Å². The molecule has 1 saturated heterocycles. The number of hydrogen-bond donors (Lipinski definition) is 0. The Balaban J connectivity index is 1.82. The predicted molar refractivity (Wildman–Crippen MR) is 107 cm³/mol. The molecule has 0 saturated carbocycles. The van der Waals surface area contributed by atoms with Gasteiger partial charge in [0, 0.05) is 59.1 Å². The van der Waals surface area contributed by atoms with E-state index in [1.165, 1.54) is 0 Å². The topological polar surface area (TPSA) is 51.5 Å². The third-order valence-corrected chi connectivity index (χ3v) is 5.42. The average Bonchev–Trinajstić information content (AvgIpc) is 2.99. The maximum atomic E-state index is 11.9. The van der Waals surface area contributed by atoms with Crippen LogP contribution in [0.15, 0.2) is 36.4 Å². The monoisotopic (exact) mass is 364 g/mol. The summed E-state index contributed by atoms with van der Waals surface area (Å²) in [6.45, 7) is 8.47. The maximum absolute atomic E-state index is 11.9. The van der Waals surface area contributed by atoms with Gasteiger partial charge in [0.05, 0.1) is 13.2 Å². The summed E-state index contributed by atoms with van der Waals surface area (Å²) in [5, 5.41) is 2.06. The highest BCUT2D eigenvalue weighted by Crippen LogP contribution is 2.31. The fourth-order valence-electron chi connectivity index (χ4n) is 3.85. The van der Waals surface area contributed by atoms with Crippen molar-refractivity contribution in [2.24, 2.45) is 0 Å². The average molecular weight is 364 g/mol. The summed E-state index contributed by atoms with van der Waals surface area (Å²) in [5.41, 5.74) is 3.60. The van der Waals surface area contributed by atoms with E-state index in [-0.39, 0.29) is 11.6 Å². The molecule has 1 aliphatic rings. The predicted octanol–water partition coefficient (Wildman–Crippen LogP) is 3.53. The van der Waals surface area contributed by atoms with Crippen LogP contribution in [0.5, 0.6) is 0 Å². The van der Waals surface area contributed by atoms with E-state index in [4.69, 9.17) is 4.74 Å². The summed E-state index contributed by atoms with van der Waals surface area (Å²) in [4.78, 5) is 26.1. The van der Waals surface area contributed by atoms with E-state index in [2.05, 4.69) is 9.47 Å². The van der Waals surface area contributed by atoms with Gasteiger partial charge >= 0.3 is 0 Å². The summed E-state index contributed by atoms with van der Waals surface area (Å²) in [6.07, 6.45) is 0. The molecule has 0 unspecified atom stereocenters. The minimum absolute atomic E-state index is 0.0499. The van der Waals surface area contributed by atoms with Crippen molar-refractivity contribution in [3.8, 4) is 0 Å². The molecule has 0 bridgehead atoms. The molecule has 140 valence electrons. The second-order valence-electron chi connectivity index (χ2n) is 7.18. The van der Waals surface area contributed by atoms with Crippen molar-refractivity contribution in [3.05, 3.63) is 47.5 Å². The van der Waals surface area contributed by atoms with Crippen molar-refractivity contribution >= 4 is 33.4 Å². The summed E-state index contributed by atoms with van der Waals surface area (Å²) >= 11 is 0. The second-order valence-corrected chi connectivity index (χ2v) is 7.18. The first-order chi connectivity index (χ1) is 13.0. The molecule has 0 N–H and O–H groups in total. The van der Waals surface area contributed by atoms with Gasteiger partial charge in [0.25, 0.3) is 0 Å². The minimum atomic E-state index is 0.0499. The first-order valence-corrected chi connectivity index (χ1v) is 9.42. The van der Waals surface area contributed by atoms with Crippen molar-refractivity contribution in [1.82, 2.24) is 9.47 Å². The standard InChI is InChI=1S/C22H24N2O3/c1-15(25)17-3-5-21-19(13-17)20-14-18(16(2)26)4-6-22(20)24(21)8-7-23-9-11-27-12-10-23/h3-6,13-14H,7-12H2,1-2H3. The van der Waals surface area contributed by atoms with E-state index < -0.39 is 0 Å². The lowest BCUT2D eigenvalue weighted by Gasteiger charge is -2.26. The van der Waals surface area contributed by atoms with Crippen LogP contribution in [-0.2, 0) is 11.3 Å². The van der Waals surface area contributed by atoms with E-state index in [0.29, 0.717) is 11.1 Å². The minimum Gasteiger partial charge on any atom is -0.379 e. The first-order valence-electron chi connectivity index (χ1n) is 9.42. The van der Waals surface area contributed by atoms with Crippen molar-refractivity contribution in [3.63, 3.8) is 0 Å². The number of benzene rings is 2. The van der Waals surface area contributed by atoms with Crippen molar-refractivity contribution < 1.29 is 14.3 Å². The third-order valence-electron chi connectivity index (χ3n) is 5.42. The molecule has 0 atom stereocenters. The highest BCUT2D eigenvalue weighted by Gasteiger charge is 2.16. The third kappa shape index (κ3) is 3.40. The van der Waals surface area contributed by atoms with E-state index in [9.17, 15) is 9.59 Å². The Kier molecular flexibility index (Phi) is 4.81. The molecule has 5 heteroatoms. The molecule has 27 heavy (non-hydrogen) atoms. The van der Waals surface area contributed by atoms with E-state index >= 15 is 0 Å². The van der Waals surface area contributed by atoms with Gasteiger partial charge in [-0.1, -0.05) is 0 Å². The molecular formula is C22H24N2O3. The number of ether oxygens (including phenoxy) is 1. The molecule has 4 rings (SSSR count). The number of ketones is 2. The van der Waals surface area contributed by atoms with Gasteiger partial charge in [-0.05, 0) is 50.2 Å². The van der Waals surface area contributed by atoms with Crippen LogP contribution in [0.2, 0.25) is 0 Å². The Labute approximate surface area is 158 Å². The number of nitrogens with zero attached hydrogens (tertiary/aromatic N) is 2. The molecule has 3 aromatic rings. The molecule has 0 radical (unpaired) electrons. The van der Waals surface area contributed by atoms with Gasteiger partial charge in [0.1, 0.15) is 0 Å². The van der Waals surface area contributed by atoms with Crippen LogP contribution in [0.3, 0.4) is 0 Å². The SMILES string of the molecule is CC(=O)c1ccc2c(c1)c1cc(C(C)=O)ccc1n2CCN1CCOCC1. The number of hydrogen-bond acceptors (Lipinski definition) is 4. The number of rotatable bonds is 5. The summed E-state index contributed by atoms with van der Waals surface area (Å²) in [6, 6.07) is 11.7. The van der Waals surface area contributed by atoms with Gasteiger partial charge in [-0.3, -0.25) is 14.5 Å². The Bertz CT molecular complexity index is 958. The quantitative estimate of drug-likeness (QED) is 0.650. The molecule has 2 aromatic carbocycles. The maximum Gasteiger partial charge on any atom is 0.159 e. The number of aromatic nitrogens is 1. The number of carbonyl (C=O) groups excluding carboxylic acids is 2. The van der Waals surface area contributed by atoms with Gasteiger partial charge in [-0.15, -0.1) is 0 Å². The van der Waals surface area contributed by atoms with Gasteiger partial charge in [0.15, 0.2) is 11.6 Å². The van der Waals surface area contributed by atoms with Crippen LogP contribution < -0.4 is 0 Å². The molecular weight excluding hydrogens is 340 g/mol. The smallest absolute Gasteiger partial charge is 0.159 e. The zero-order valence-corrected chi connectivity index (χ0v) is 15.8. The molecule has 1 fully saturated rings. The summed E-state index contributed by atoms with van der Waals surface area (Å²) in [5.74, 6) is 0.0997. The Morgan fingerprint density at radius 3 is 1.85 bits per heavy atom. The number of carbonyl (C=O) groups is 2. The highest BCUT2D eigenvalue weighted by molar-refractivity contribution is 6.12. The second kappa shape index (κ2) is 7.25. The number of morpholine rings is 1. The fraction of sp³-hybridized carbons (Fsp3) is 0.364. The first kappa shape index (κ1) is 17.9. The molecule has 0 amide bonds. The molecule has 0 spiro atoms. The van der Waals surface area contributed by atoms with Crippen LogP contribution in [0.4, 0.5) is 0 Å². The summed E-state index contributed by atoms with van der Waals surface area (Å²) in [7, 11) is 0. The van der Waals surface area contributed by atoms with Gasteiger partial charge in [0.2, 0.25) is 0 Å². The van der Waals surface area contributed by atoms with Crippen LogP contribution in [-0.4, -0.2) is 53.9 Å². The Hall–Kier alpha value is -2.50. The van der Waals surface area contributed by atoms with E-state index in [1.54, 1.807) is 13.8 Å². The van der Waals surface area contributed by atoms with Gasteiger partial charge in [-0.25, -0.2) is 0 Å². The van der Waals surface area contributed by atoms with Crippen molar-refractivity contribution in [1.29, 1.82) is 0 Å². The largest absolute Gasteiger partial charge is 0.379 e. The number of fused-ring (bicyclic) bond motifs is 3. The van der Waals surface area contributed by atoms with Crippen molar-refractivity contribution in [2.45, 2.75) is 20.4 Å². The van der Waals surface area contributed by atoms with Crippen LogP contribution >= 0.6 is 0 Å². The van der Waals surface area contributed by atoms with Crippen LogP contribution in [0, 0.1) is 0 Å². The normalized spacial score (nSPS) is 15.5. The van der Waals surface area contributed by atoms with Gasteiger partial charge in [-0.2, -0.15) is 0 Å². The molecule has 1 aliphatic heterocycles. The molecule has 1 aromatic heterocycles. The lowest BCUT2D eigenvalue weighted by Crippen LogP contribution is -2.38. The fourth-order valence-corrected chi connectivity index (χ4v) is 3.85. The molecule has 5 nitrogen and oxygen atoms in total. The lowest BCUT2D eigenvalue weighted by molar-refractivity contribution is 0.0366. The lowest BCUT2D eigenvalue weighted by atomic mass is 10.0. The van der Waals surface area contributed by atoms with Crippen LogP contribution in [0.1, 0.15) is 34.6 Å². The number of Topliss-reactive ketones (excluding diaryl/α,β-unsaturated/α-hetero) is 2. The Morgan fingerprint density at radius 1 is 0.852 bits per heavy atom. The van der Waals surface area contributed by atoms with E-state index in [1.807, 2.05) is 36.4 Å². The Morgan fingerprint density at radius 2 is 1.37 bits per heavy atom. The van der Waals surface area contributed by atoms with Gasteiger partial charge < -0.3 is 9.30 Å². The summed E-state index contributed by atoms with van der Waals surface area (Å²) < 4.78 is 7.74. The molecule has 2 heterocycles. The zero-order chi connectivity index (χ0) is 19.0. The zero-order valence-electron chi connectivity index (χ0n) is 15.8. The van der Waals surface area contributed by atoms with Crippen molar-refractivity contribution in [2.75, 3.05) is 32.8 Å². The molecule has 0 aliphatic carbocycles.